The average Bonchev–Trinajstić information content (AvgIpc) is 3.01. The van der Waals surface area contributed by atoms with Crippen LogP contribution in [0.4, 0.5) is 19.0 Å². The minimum absolute atomic E-state index is 0.372. The summed E-state index contributed by atoms with van der Waals surface area (Å²) in [6.07, 6.45) is -1.67. The van der Waals surface area contributed by atoms with Gasteiger partial charge in [-0.3, -0.25) is 0 Å². The van der Waals surface area contributed by atoms with Gasteiger partial charge < -0.3 is 5.32 Å². The molecule has 0 spiro atoms. The fourth-order valence-electron chi connectivity index (χ4n) is 2.06. The Kier molecular flexibility index (Phi) is 5.95. The first kappa shape index (κ1) is 18.7. The molecule has 2 aromatic heterocycles. The molecular formula is C17H20F3N5. The summed E-state index contributed by atoms with van der Waals surface area (Å²) in [4.78, 5) is 8.22. The van der Waals surface area contributed by atoms with Gasteiger partial charge in [0.2, 0.25) is 0 Å². The molecule has 1 N–H and O–H groups in total. The van der Waals surface area contributed by atoms with Crippen LogP contribution in [0.25, 0.3) is 5.78 Å². The lowest BCUT2D eigenvalue weighted by Crippen LogP contribution is -2.08. The number of fused-ring (bicyclic) bond motifs is 1. The number of aromatic nitrogens is 4. The van der Waals surface area contributed by atoms with Crippen LogP contribution in [-0.2, 0) is 12.7 Å². The van der Waals surface area contributed by atoms with E-state index < -0.39 is 11.7 Å². The summed E-state index contributed by atoms with van der Waals surface area (Å²) in [6.45, 7) is 6.45. The quantitative estimate of drug-likeness (QED) is 0.756. The van der Waals surface area contributed by atoms with Crippen LogP contribution in [-0.4, -0.2) is 19.6 Å². The highest BCUT2D eigenvalue weighted by Gasteiger charge is 2.29. The normalized spacial score (nSPS) is 11.1. The molecule has 0 saturated heterocycles. The van der Waals surface area contributed by atoms with Gasteiger partial charge in [-0.2, -0.15) is 27.8 Å². The minimum atomic E-state index is -4.32. The van der Waals surface area contributed by atoms with Crippen LogP contribution in [0.3, 0.4) is 0 Å². The second kappa shape index (κ2) is 7.96. The molecule has 0 aliphatic heterocycles. The van der Waals surface area contributed by atoms with Gasteiger partial charge in [-0.15, -0.1) is 0 Å². The van der Waals surface area contributed by atoms with Crippen LogP contribution < -0.4 is 5.32 Å². The summed E-state index contributed by atoms with van der Waals surface area (Å²) in [5.74, 6) is 1.15. The molecule has 0 aliphatic rings. The predicted octanol–water partition coefficient (Wildman–Crippen LogP) is 4.48. The van der Waals surface area contributed by atoms with Crippen molar-refractivity contribution >= 4 is 11.6 Å². The Balaban J connectivity index is 0.000000701. The number of aryl methyl sites for hydroxylation is 1. The molecule has 2 heterocycles. The molecule has 0 amide bonds. The number of hydrogen-bond donors (Lipinski definition) is 1. The number of rotatable bonds is 3. The molecule has 0 atom stereocenters. The highest BCUT2D eigenvalue weighted by atomic mass is 19.4. The van der Waals surface area contributed by atoms with E-state index in [0.29, 0.717) is 18.1 Å². The molecule has 3 aromatic rings. The highest BCUT2D eigenvalue weighted by molar-refractivity contribution is 5.45. The molecule has 0 unspecified atom stereocenters. The highest BCUT2D eigenvalue weighted by Crippen LogP contribution is 2.29. The lowest BCUT2D eigenvalue weighted by Gasteiger charge is -2.10. The Morgan fingerprint density at radius 3 is 2.36 bits per heavy atom. The molecule has 134 valence electrons. The van der Waals surface area contributed by atoms with Gasteiger partial charge in [0.25, 0.3) is 5.78 Å². The van der Waals surface area contributed by atoms with Crippen molar-refractivity contribution in [2.24, 2.45) is 0 Å². The molecule has 5 nitrogen and oxygen atoms in total. The first-order valence-corrected chi connectivity index (χ1v) is 7.92. The molecule has 0 aliphatic carbocycles. The summed E-state index contributed by atoms with van der Waals surface area (Å²) in [5, 5.41) is 7.18. The second-order valence-corrected chi connectivity index (χ2v) is 5.51. The van der Waals surface area contributed by atoms with Crippen molar-refractivity contribution in [2.75, 3.05) is 5.32 Å². The molecule has 8 heteroatoms. The van der Waals surface area contributed by atoms with E-state index in [1.165, 1.54) is 29.4 Å². The maximum atomic E-state index is 12.5. The number of nitrogens with one attached hydrogen (secondary N) is 1. The van der Waals surface area contributed by atoms with Gasteiger partial charge in [0.1, 0.15) is 12.1 Å². The largest absolute Gasteiger partial charge is 0.416 e. The Morgan fingerprint density at radius 1 is 1.12 bits per heavy atom. The van der Waals surface area contributed by atoms with Crippen LogP contribution >= 0.6 is 0 Å². The van der Waals surface area contributed by atoms with E-state index >= 15 is 0 Å². The molecule has 1 aromatic carbocycles. The fraction of sp³-hybridized carbons (Fsp3) is 0.353. The number of benzene rings is 1. The Labute approximate surface area is 143 Å². The number of alkyl halides is 3. The lowest BCUT2D eigenvalue weighted by molar-refractivity contribution is -0.137. The summed E-state index contributed by atoms with van der Waals surface area (Å²) >= 11 is 0. The smallest absolute Gasteiger partial charge is 0.366 e. The molecule has 25 heavy (non-hydrogen) atoms. The zero-order chi connectivity index (χ0) is 18.4. The maximum absolute atomic E-state index is 12.5. The Bertz CT molecular complexity index is 809. The van der Waals surface area contributed by atoms with E-state index in [2.05, 4.69) is 34.2 Å². The van der Waals surface area contributed by atoms with Crippen LogP contribution in [0.2, 0.25) is 0 Å². The lowest BCUT2D eigenvalue weighted by atomic mass is 10.1. The van der Waals surface area contributed by atoms with E-state index in [9.17, 15) is 13.2 Å². The average molecular weight is 351 g/mol. The van der Waals surface area contributed by atoms with E-state index in [4.69, 9.17) is 0 Å². The number of nitrogens with zero attached hydrogens (tertiary/aromatic N) is 4. The van der Waals surface area contributed by atoms with Crippen LogP contribution in [0.5, 0.6) is 0 Å². The van der Waals surface area contributed by atoms with E-state index in [1.807, 2.05) is 6.92 Å². The van der Waals surface area contributed by atoms with Gasteiger partial charge in [-0.25, -0.2) is 4.98 Å². The van der Waals surface area contributed by atoms with Crippen molar-refractivity contribution in [3.63, 3.8) is 0 Å². The van der Waals surface area contributed by atoms with Gasteiger partial charge in [0, 0.05) is 18.3 Å². The van der Waals surface area contributed by atoms with Crippen LogP contribution in [0.1, 0.15) is 37.1 Å². The van der Waals surface area contributed by atoms with Crippen molar-refractivity contribution in [1.82, 2.24) is 19.6 Å². The third-order valence-corrected chi connectivity index (χ3v) is 3.13. The van der Waals surface area contributed by atoms with E-state index in [0.717, 1.165) is 23.4 Å². The Hall–Kier alpha value is -2.64. The summed E-state index contributed by atoms with van der Waals surface area (Å²) in [6, 6.07) is 6.83. The van der Waals surface area contributed by atoms with E-state index in [1.54, 1.807) is 6.07 Å². The maximum Gasteiger partial charge on any atom is 0.416 e. The van der Waals surface area contributed by atoms with Gasteiger partial charge >= 0.3 is 6.18 Å². The van der Waals surface area contributed by atoms with Crippen molar-refractivity contribution in [2.45, 2.75) is 39.9 Å². The third kappa shape index (κ3) is 4.91. The molecule has 0 bridgehead atoms. The van der Waals surface area contributed by atoms with Gasteiger partial charge in [0.15, 0.2) is 0 Å². The van der Waals surface area contributed by atoms with E-state index in [-0.39, 0.29) is 0 Å². The second-order valence-electron chi connectivity index (χ2n) is 5.51. The van der Waals surface area contributed by atoms with Gasteiger partial charge in [0.05, 0.1) is 5.56 Å². The molecule has 0 fully saturated rings. The number of halogens is 3. The molecular weight excluding hydrogens is 331 g/mol. The first-order chi connectivity index (χ1) is 11.8. The molecule has 0 radical (unpaired) electrons. The third-order valence-electron chi connectivity index (χ3n) is 3.13. The number of hydrogen-bond acceptors (Lipinski definition) is 4. The topological polar surface area (TPSA) is 55.1 Å². The minimum Gasteiger partial charge on any atom is -0.366 e. The zero-order valence-electron chi connectivity index (χ0n) is 14.3. The fourth-order valence-corrected chi connectivity index (χ4v) is 2.06. The first-order valence-electron chi connectivity index (χ1n) is 7.92. The van der Waals surface area contributed by atoms with Gasteiger partial charge in [-0.05, 0) is 24.6 Å². The van der Waals surface area contributed by atoms with Crippen LogP contribution in [0.15, 0.2) is 36.7 Å². The summed E-state index contributed by atoms with van der Waals surface area (Å²) in [5.41, 5.74) is 0.848. The monoisotopic (exact) mass is 351 g/mol. The van der Waals surface area contributed by atoms with Crippen molar-refractivity contribution in [1.29, 1.82) is 0 Å². The van der Waals surface area contributed by atoms with Crippen molar-refractivity contribution in [3.8, 4) is 0 Å². The standard InChI is InChI=1S/C14H12F3N5.C3H8/c1-9-6-12(22-13(21-9)19-8-20-22)18-7-10-2-4-11(5-3-10)14(15,16)17;1-3-2/h2-6,8,18H,7H2,1H3;3H2,1-2H3. The summed E-state index contributed by atoms with van der Waals surface area (Å²) < 4.78 is 39.1. The SMILES string of the molecule is CCC.Cc1cc(NCc2ccc(C(F)(F)F)cc2)n2ncnc2n1. The van der Waals surface area contributed by atoms with Crippen LogP contribution in [0, 0.1) is 6.92 Å². The van der Waals surface area contributed by atoms with Gasteiger partial charge in [-0.1, -0.05) is 32.4 Å². The molecule has 0 saturated carbocycles. The van der Waals surface area contributed by atoms with Crippen molar-refractivity contribution in [3.05, 3.63) is 53.5 Å². The summed E-state index contributed by atoms with van der Waals surface area (Å²) in [7, 11) is 0. The Morgan fingerprint density at radius 2 is 1.76 bits per heavy atom. The number of anilines is 1. The predicted molar refractivity (Wildman–Crippen MR) is 90.3 cm³/mol. The zero-order valence-corrected chi connectivity index (χ0v) is 14.3. The molecule has 3 rings (SSSR count). The van der Waals surface area contributed by atoms with Crippen molar-refractivity contribution < 1.29 is 13.2 Å².